The molecule has 0 saturated carbocycles. The van der Waals surface area contributed by atoms with Crippen LogP contribution < -0.4 is 4.90 Å². The number of fused-ring (bicyclic) bond motifs is 1. The Balaban J connectivity index is 1.46. The number of hydrogen-bond donors (Lipinski definition) is 0. The van der Waals surface area contributed by atoms with Gasteiger partial charge < -0.3 is 9.80 Å². The molecule has 0 bridgehead atoms. The van der Waals surface area contributed by atoms with Crippen LogP contribution in [0.4, 0.5) is 10.2 Å². The first-order chi connectivity index (χ1) is 16.9. The van der Waals surface area contributed by atoms with Crippen LogP contribution in [0.25, 0.3) is 5.65 Å². The standard InChI is InChI=1S/C26H26FN7O/c1-16-13-32(15-19(16)12-29)25-17(2)14-34-24(30-25)10-22(31-34)23-5-3-4-8-33(23)26(35)20-7-6-18(11-28)9-21(20)27/h6-7,9-10,14,16,19,23H,3-5,8,13,15H2,1-2H3/t16-,19+,23-/m0/s1. The summed E-state index contributed by atoms with van der Waals surface area (Å²) in [5.74, 6) is 0.0300. The number of aromatic nitrogens is 3. The second kappa shape index (κ2) is 8.99. The van der Waals surface area contributed by atoms with Crippen molar-refractivity contribution in [2.24, 2.45) is 11.8 Å². The molecule has 3 aromatic rings. The lowest BCUT2D eigenvalue weighted by molar-refractivity contribution is 0.0601. The number of nitriles is 2. The quantitative estimate of drug-likeness (QED) is 0.572. The molecule has 1 amide bonds. The number of halogens is 1. The maximum absolute atomic E-state index is 14.6. The molecule has 4 heterocycles. The Morgan fingerprint density at radius 1 is 1.20 bits per heavy atom. The second-order valence-electron chi connectivity index (χ2n) is 9.55. The molecular weight excluding hydrogens is 445 g/mol. The highest BCUT2D eigenvalue weighted by Crippen LogP contribution is 2.34. The minimum atomic E-state index is -0.689. The average molecular weight is 472 g/mol. The average Bonchev–Trinajstić information content (AvgIpc) is 3.45. The van der Waals surface area contributed by atoms with Gasteiger partial charge >= 0.3 is 0 Å². The molecule has 2 fully saturated rings. The lowest BCUT2D eigenvalue weighted by Gasteiger charge is -2.34. The van der Waals surface area contributed by atoms with Crippen LogP contribution in [-0.2, 0) is 0 Å². The lowest BCUT2D eigenvalue weighted by atomic mass is 9.98. The normalized spacial score (nSPS) is 22.3. The Hall–Kier alpha value is -3.98. The zero-order valence-electron chi connectivity index (χ0n) is 19.8. The molecule has 8 nitrogen and oxygen atoms in total. The maximum atomic E-state index is 14.6. The number of nitrogens with zero attached hydrogens (tertiary/aromatic N) is 7. The number of carbonyl (C=O) groups excluding carboxylic acids is 1. The van der Waals surface area contributed by atoms with Gasteiger partial charge in [-0.25, -0.2) is 13.9 Å². The van der Waals surface area contributed by atoms with Gasteiger partial charge in [0.15, 0.2) is 5.65 Å². The van der Waals surface area contributed by atoms with Gasteiger partial charge in [-0.15, -0.1) is 0 Å². The third-order valence-electron chi connectivity index (χ3n) is 7.14. The van der Waals surface area contributed by atoms with Crippen LogP contribution in [-0.4, -0.2) is 45.0 Å². The van der Waals surface area contributed by atoms with Crippen LogP contribution in [0.5, 0.6) is 0 Å². The monoisotopic (exact) mass is 471 g/mol. The Morgan fingerprint density at radius 3 is 2.74 bits per heavy atom. The van der Waals surface area contributed by atoms with Crippen LogP contribution in [0.15, 0.2) is 30.5 Å². The maximum Gasteiger partial charge on any atom is 0.257 e. The molecule has 5 rings (SSSR count). The predicted octanol–water partition coefficient (Wildman–Crippen LogP) is 4.01. The van der Waals surface area contributed by atoms with E-state index in [9.17, 15) is 14.4 Å². The van der Waals surface area contributed by atoms with Gasteiger partial charge in [0.1, 0.15) is 11.6 Å². The van der Waals surface area contributed by atoms with Crippen LogP contribution in [0.3, 0.4) is 0 Å². The highest BCUT2D eigenvalue weighted by Gasteiger charge is 2.33. The molecule has 2 saturated heterocycles. The zero-order chi connectivity index (χ0) is 24.7. The molecule has 2 aliphatic rings. The van der Waals surface area contributed by atoms with Crippen LogP contribution in [0.2, 0.25) is 0 Å². The number of hydrogen-bond acceptors (Lipinski definition) is 6. The van der Waals surface area contributed by atoms with Gasteiger partial charge in [0.25, 0.3) is 5.91 Å². The Labute approximate surface area is 203 Å². The number of carbonyl (C=O) groups is 1. The van der Waals surface area contributed by atoms with Gasteiger partial charge in [0.2, 0.25) is 0 Å². The number of aryl methyl sites for hydroxylation is 1. The minimum absolute atomic E-state index is 0.0164. The third kappa shape index (κ3) is 4.08. The summed E-state index contributed by atoms with van der Waals surface area (Å²) in [4.78, 5) is 22.0. The molecule has 178 valence electrons. The van der Waals surface area contributed by atoms with E-state index in [0.717, 1.165) is 48.9 Å². The van der Waals surface area contributed by atoms with E-state index in [4.69, 9.17) is 15.3 Å². The third-order valence-corrected chi connectivity index (χ3v) is 7.14. The van der Waals surface area contributed by atoms with E-state index < -0.39 is 11.7 Å². The molecule has 9 heteroatoms. The van der Waals surface area contributed by atoms with Crippen molar-refractivity contribution in [2.45, 2.75) is 39.2 Å². The molecule has 0 aliphatic carbocycles. The Morgan fingerprint density at radius 2 is 2.03 bits per heavy atom. The van der Waals surface area contributed by atoms with Gasteiger partial charge in [-0.05, 0) is 50.3 Å². The number of benzene rings is 1. The lowest BCUT2D eigenvalue weighted by Crippen LogP contribution is -2.39. The summed E-state index contributed by atoms with van der Waals surface area (Å²) >= 11 is 0. The summed E-state index contributed by atoms with van der Waals surface area (Å²) in [6, 6.07) is 9.84. The highest BCUT2D eigenvalue weighted by molar-refractivity contribution is 5.95. The van der Waals surface area contributed by atoms with E-state index in [-0.39, 0.29) is 29.0 Å². The molecular formula is C26H26FN7O. The van der Waals surface area contributed by atoms with E-state index in [2.05, 4.69) is 17.9 Å². The summed E-state index contributed by atoms with van der Waals surface area (Å²) < 4.78 is 16.3. The topological polar surface area (TPSA) is 101 Å². The SMILES string of the molecule is Cc1cn2nc([C@@H]3CCCCN3C(=O)c3ccc(C#N)cc3F)cc2nc1N1C[C@@H](C#N)[C@@H](C)C1. The number of amides is 1. The number of rotatable bonds is 3. The second-order valence-corrected chi connectivity index (χ2v) is 9.55. The number of anilines is 1. The molecule has 2 aromatic heterocycles. The van der Waals surface area contributed by atoms with Crippen molar-refractivity contribution in [2.75, 3.05) is 24.5 Å². The summed E-state index contributed by atoms with van der Waals surface area (Å²) in [7, 11) is 0. The van der Waals surface area contributed by atoms with Crippen molar-refractivity contribution in [3.05, 3.63) is 58.7 Å². The highest BCUT2D eigenvalue weighted by atomic mass is 19.1. The van der Waals surface area contributed by atoms with Gasteiger partial charge in [0, 0.05) is 37.5 Å². The Kier molecular flexibility index (Phi) is 5.86. The fourth-order valence-corrected chi connectivity index (χ4v) is 5.20. The summed E-state index contributed by atoms with van der Waals surface area (Å²) in [5, 5.41) is 23.1. The summed E-state index contributed by atoms with van der Waals surface area (Å²) in [5.41, 5.74) is 2.51. The van der Waals surface area contributed by atoms with Crippen molar-refractivity contribution in [3.63, 3.8) is 0 Å². The molecule has 2 aliphatic heterocycles. The van der Waals surface area contributed by atoms with Gasteiger partial charge in [0.05, 0.1) is 40.9 Å². The first-order valence-corrected chi connectivity index (χ1v) is 11.9. The largest absolute Gasteiger partial charge is 0.355 e. The minimum Gasteiger partial charge on any atom is -0.355 e. The smallest absolute Gasteiger partial charge is 0.257 e. The van der Waals surface area contributed by atoms with E-state index in [1.807, 2.05) is 25.3 Å². The van der Waals surface area contributed by atoms with Crippen LogP contribution in [0.1, 0.15) is 59.4 Å². The summed E-state index contributed by atoms with van der Waals surface area (Å²) in [6.45, 7) is 6.02. The van der Waals surface area contributed by atoms with Crippen molar-refractivity contribution < 1.29 is 9.18 Å². The Bertz CT molecular complexity index is 1380. The number of piperidine rings is 1. The van der Waals surface area contributed by atoms with E-state index in [0.29, 0.717) is 18.7 Å². The van der Waals surface area contributed by atoms with Crippen molar-refractivity contribution in [1.29, 1.82) is 10.5 Å². The molecule has 1 aromatic carbocycles. The van der Waals surface area contributed by atoms with E-state index in [1.54, 1.807) is 9.42 Å². The van der Waals surface area contributed by atoms with Crippen LogP contribution in [0, 0.1) is 47.2 Å². The zero-order valence-corrected chi connectivity index (χ0v) is 19.8. The molecule has 0 N–H and O–H groups in total. The number of likely N-dealkylation sites (tertiary alicyclic amines) is 1. The van der Waals surface area contributed by atoms with E-state index in [1.165, 1.54) is 12.1 Å². The molecule has 3 atom stereocenters. The first-order valence-electron chi connectivity index (χ1n) is 11.9. The summed E-state index contributed by atoms with van der Waals surface area (Å²) in [6.07, 6.45) is 4.44. The van der Waals surface area contributed by atoms with Crippen molar-refractivity contribution in [3.8, 4) is 12.1 Å². The fraction of sp³-hybridized carbons (Fsp3) is 0.423. The first kappa shape index (κ1) is 22.8. The molecule has 0 radical (unpaired) electrons. The fourth-order valence-electron chi connectivity index (χ4n) is 5.20. The van der Waals surface area contributed by atoms with Crippen molar-refractivity contribution >= 4 is 17.4 Å². The van der Waals surface area contributed by atoms with Gasteiger partial charge in [-0.1, -0.05) is 6.92 Å². The van der Waals surface area contributed by atoms with Crippen molar-refractivity contribution in [1.82, 2.24) is 19.5 Å². The van der Waals surface area contributed by atoms with E-state index >= 15 is 0 Å². The van der Waals surface area contributed by atoms with Gasteiger partial charge in [-0.3, -0.25) is 4.79 Å². The molecule has 0 unspecified atom stereocenters. The van der Waals surface area contributed by atoms with Crippen LogP contribution >= 0.6 is 0 Å². The molecule has 0 spiro atoms. The predicted molar refractivity (Wildman–Crippen MR) is 127 cm³/mol. The van der Waals surface area contributed by atoms with Gasteiger partial charge in [-0.2, -0.15) is 15.6 Å². The molecule has 35 heavy (non-hydrogen) atoms.